The zero-order valence-corrected chi connectivity index (χ0v) is 20.0. The molecule has 0 radical (unpaired) electrons. The highest BCUT2D eigenvalue weighted by Gasteiger charge is 2.35. The number of carbonyl (C=O) groups is 1. The molecular weight excluding hydrogens is 490 g/mol. The van der Waals surface area contributed by atoms with Crippen LogP contribution in [0.1, 0.15) is 42.4 Å². The molecule has 0 unspecified atom stereocenters. The minimum absolute atomic E-state index is 0.0212. The molecule has 5 nitrogen and oxygen atoms in total. The molecule has 34 heavy (non-hydrogen) atoms. The van der Waals surface area contributed by atoms with Crippen LogP contribution in [-0.2, 0) is 10.7 Å². The summed E-state index contributed by atoms with van der Waals surface area (Å²) >= 11 is 11.8. The second kappa shape index (κ2) is 10.2. The van der Waals surface area contributed by atoms with Gasteiger partial charge in [-0.05, 0) is 55.9 Å². The zero-order chi connectivity index (χ0) is 25.2. The van der Waals surface area contributed by atoms with Crippen LogP contribution < -0.4 is 21.5 Å². The average Bonchev–Trinajstić information content (AvgIpc) is 3.59. The fraction of sp³-hybridized carbons (Fsp3) is 0.292. The summed E-state index contributed by atoms with van der Waals surface area (Å²) in [7, 11) is 0. The number of amides is 1. The Morgan fingerprint density at radius 3 is 2.50 bits per heavy atom. The lowest BCUT2D eigenvalue weighted by atomic mass is 10.1. The van der Waals surface area contributed by atoms with Gasteiger partial charge in [0, 0.05) is 11.1 Å². The monoisotopic (exact) mass is 513 g/mol. The Balaban J connectivity index is 1.87. The molecule has 1 amide bonds. The van der Waals surface area contributed by atoms with Crippen molar-refractivity contribution in [1.82, 2.24) is 5.32 Å². The first kappa shape index (κ1) is 25.8. The van der Waals surface area contributed by atoms with Gasteiger partial charge in [-0.2, -0.15) is 8.78 Å². The van der Waals surface area contributed by atoms with E-state index in [9.17, 15) is 18.0 Å². The molecule has 1 aliphatic rings. The molecule has 0 saturated heterocycles. The Kier molecular flexibility index (Phi) is 7.73. The predicted octanol–water partition coefficient (Wildman–Crippen LogP) is 5.55. The lowest BCUT2D eigenvalue weighted by Crippen LogP contribution is -2.37. The summed E-state index contributed by atoms with van der Waals surface area (Å²) in [5, 5.41) is 1.67. The summed E-state index contributed by atoms with van der Waals surface area (Å²) in [5.74, 6) is -5.76. The van der Waals surface area contributed by atoms with Gasteiger partial charge in [-0.1, -0.05) is 47.5 Å². The Morgan fingerprint density at radius 1 is 1.24 bits per heavy atom. The van der Waals surface area contributed by atoms with Gasteiger partial charge in [0.25, 0.3) is 11.8 Å². The van der Waals surface area contributed by atoms with Crippen LogP contribution in [0, 0.1) is 12.7 Å². The first-order valence-electron chi connectivity index (χ1n) is 10.4. The number of hydrogen-bond donors (Lipinski definition) is 3. The van der Waals surface area contributed by atoms with Crippen LogP contribution in [0.25, 0.3) is 0 Å². The number of aryl methyl sites for hydroxylation is 1. The van der Waals surface area contributed by atoms with Crippen molar-refractivity contribution < 1.29 is 22.7 Å². The highest BCUT2D eigenvalue weighted by atomic mass is 35.5. The average molecular weight is 514 g/mol. The molecule has 0 aliphatic heterocycles. The van der Waals surface area contributed by atoms with Crippen molar-refractivity contribution >= 4 is 29.1 Å². The lowest BCUT2D eigenvalue weighted by Gasteiger charge is -2.20. The lowest BCUT2D eigenvalue weighted by molar-refractivity contribution is -0.119. The number of rotatable bonds is 8. The first-order chi connectivity index (χ1) is 15.9. The van der Waals surface area contributed by atoms with Crippen molar-refractivity contribution in [1.29, 1.82) is 0 Å². The Labute approximate surface area is 205 Å². The summed E-state index contributed by atoms with van der Waals surface area (Å²) in [5.41, 5.74) is 11.9. The maximum absolute atomic E-state index is 14.8. The molecule has 5 N–H and O–H groups in total. The molecule has 0 bridgehead atoms. The van der Waals surface area contributed by atoms with Crippen molar-refractivity contribution in [2.45, 2.75) is 38.5 Å². The number of nitrogens with two attached hydrogens (primary N) is 2. The van der Waals surface area contributed by atoms with Gasteiger partial charge in [-0.3, -0.25) is 4.79 Å². The van der Waals surface area contributed by atoms with E-state index >= 15 is 0 Å². The smallest absolute Gasteiger partial charge is 0.291 e. The molecule has 10 heteroatoms. The van der Waals surface area contributed by atoms with Crippen LogP contribution in [0.2, 0.25) is 5.02 Å². The van der Waals surface area contributed by atoms with Crippen LogP contribution >= 0.6 is 23.2 Å². The number of nitrogens with one attached hydrogen (secondary N) is 1. The minimum atomic E-state index is -3.49. The first-order valence-corrected chi connectivity index (χ1v) is 11.2. The van der Waals surface area contributed by atoms with Gasteiger partial charge in [0.2, 0.25) is 5.88 Å². The molecule has 2 aromatic carbocycles. The third-order valence-corrected chi connectivity index (χ3v) is 6.02. The summed E-state index contributed by atoms with van der Waals surface area (Å²) in [4.78, 5) is 12.9. The van der Waals surface area contributed by atoms with Crippen molar-refractivity contribution in [3.8, 4) is 5.75 Å². The maximum Gasteiger partial charge on any atom is 0.291 e. The number of ether oxygens (including phenoxy) is 1. The van der Waals surface area contributed by atoms with E-state index in [1.54, 1.807) is 19.1 Å². The van der Waals surface area contributed by atoms with E-state index < -0.39 is 41.2 Å². The van der Waals surface area contributed by atoms with E-state index in [4.69, 9.17) is 39.4 Å². The molecule has 3 rings (SSSR count). The molecular formula is C24H24Cl2F3N3O2. The van der Waals surface area contributed by atoms with E-state index in [2.05, 4.69) is 5.32 Å². The molecule has 0 heterocycles. The van der Waals surface area contributed by atoms with E-state index in [1.165, 1.54) is 31.2 Å². The maximum atomic E-state index is 14.8. The van der Waals surface area contributed by atoms with E-state index in [0.29, 0.717) is 11.1 Å². The molecule has 182 valence electrons. The summed E-state index contributed by atoms with van der Waals surface area (Å²) in [6.07, 6.45) is 1.73. The van der Waals surface area contributed by atoms with Crippen molar-refractivity contribution in [2.75, 3.05) is 6.54 Å². The fourth-order valence-electron chi connectivity index (χ4n) is 3.36. The number of halogens is 5. The van der Waals surface area contributed by atoms with Crippen molar-refractivity contribution in [3.63, 3.8) is 0 Å². The summed E-state index contributed by atoms with van der Waals surface area (Å²) in [6, 6.07) is 8.67. The van der Waals surface area contributed by atoms with Crippen LogP contribution in [0.4, 0.5) is 13.2 Å². The second-order valence-electron chi connectivity index (χ2n) is 8.12. The van der Waals surface area contributed by atoms with Gasteiger partial charge in [-0.15, -0.1) is 0 Å². The van der Waals surface area contributed by atoms with E-state index in [-0.39, 0.29) is 27.4 Å². The molecule has 1 saturated carbocycles. The minimum Gasteiger partial charge on any atom is -0.438 e. The number of benzene rings is 2. The van der Waals surface area contributed by atoms with Crippen LogP contribution in [0.3, 0.4) is 0 Å². The van der Waals surface area contributed by atoms with Gasteiger partial charge in [0.15, 0.2) is 11.6 Å². The Hall–Kier alpha value is -2.84. The van der Waals surface area contributed by atoms with Gasteiger partial charge in [0.1, 0.15) is 10.7 Å². The number of alkyl halides is 2. The van der Waals surface area contributed by atoms with E-state index in [1.807, 2.05) is 0 Å². The standard InChI is InChI=1S/C24H24Cl2F3N3O2/c1-12-6-9-16(17(25)10-12)24(28,29)11-32-23(33)19(13(2)21(26)30)22(31)34-18-5-3-4-15(20(18)27)14-7-8-14/h3-6,9-10,14H,7-8,11,30-31H2,1-2H3,(H,32,33)/b21-13-,22-19-. The van der Waals surface area contributed by atoms with Gasteiger partial charge >= 0.3 is 0 Å². The number of hydrogen-bond acceptors (Lipinski definition) is 4. The molecule has 1 aliphatic carbocycles. The van der Waals surface area contributed by atoms with Crippen LogP contribution in [-0.4, -0.2) is 12.5 Å². The SMILES string of the molecule is CC(/C(C(=O)NCC(F)(F)c1ccc(C)cc1Cl)=C(\N)Oc1cccc(C2CC2)c1F)=C(/N)Cl. The van der Waals surface area contributed by atoms with Crippen LogP contribution in [0.5, 0.6) is 5.75 Å². The third kappa shape index (κ3) is 5.80. The van der Waals surface area contributed by atoms with Gasteiger partial charge in [0.05, 0.1) is 11.6 Å². The largest absolute Gasteiger partial charge is 0.438 e. The second-order valence-corrected chi connectivity index (χ2v) is 8.93. The Morgan fingerprint density at radius 2 is 1.91 bits per heavy atom. The zero-order valence-electron chi connectivity index (χ0n) is 18.5. The molecule has 0 spiro atoms. The Bertz CT molecular complexity index is 1170. The summed E-state index contributed by atoms with van der Waals surface area (Å²) < 4.78 is 49.8. The van der Waals surface area contributed by atoms with E-state index in [0.717, 1.165) is 12.8 Å². The summed E-state index contributed by atoms with van der Waals surface area (Å²) in [6.45, 7) is 1.98. The third-order valence-electron chi connectivity index (χ3n) is 5.43. The normalized spacial score (nSPS) is 15.4. The van der Waals surface area contributed by atoms with Gasteiger partial charge < -0.3 is 21.5 Å². The van der Waals surface area contributed by atoms with Crippen LogP contribution in [0.15, 0.2) is 58.6 Å². The quantitative estimate of drug-likeness (QED) is 0.187. The molecule has 0 aromatic heterocycles. The molecule has 1 fully saturated rings. The highest BCUT2D eigenvalue weighted by molar-refractivity contribution is 6.31. The predicted molar refractivity (Wildman–Crippen MR) is 126 cm³/mol. The number of carbonyl (C=O) groups excluding carboxylic acids is 1. The van der Waals surface area contributed by atoms with Crippen molar-refractivity contribution in [2.24, 2.45) is 11.5 Å². The van der Waals surface area contributed by atoms with Crippen molar-refractivity contribution in [3.05, 3.63) is 86.1 Å². The highest BCUT2D eigenvalue weighted by Crippen LogP contribution is 2.43. The molecule has 0 atom stereocenters. The van der Waals surface area contributed by atoms with Gasteiger partial charge in [-0.25, -0.2) is 4.39 Å². The fourth-order valence-corrected chi connectivity index (χ4v) is 3.83. The topological polar surface area (TPSA) is 90.4 Å². The molecule has 2 aromatic rings.